The van der Waals surface area contributed by atoms with Gasteiger partial charge in [-0.2, -0.15) is 0 Å². The minimum absolute atomic E-state index is 0. The van der Waals surface area contributed by atoms with Crippen molar-refractivity contribution < 1.29 is 158 Å². The summed E-state index contributed by atoms with van der Waals surface area (Å²) in [6.07, 6.45) is 0.400. The number of anilines is 7. The number of nitrogens with one attached hydrogen (secondary N) is 2. The number of hydrogen-bond acceptors (Lipinski definition) is 20. The van der Waals surface area contributed by atoms with Crippen LogP contribution in [-0.4, -0.2) is 172 Å². The molecule has 5 amide bonds. The molecule has 3 radical (unpaired) electrons. The minimum Gasteiger partial charge on any atom is -1.00 e. The van der Waals surface area contributed by atoms with Crippen molar-refractivity contribution in [1.29, 1.82) is 5.41 Å². The number of carbonyl (C=O) groups excluding carboxylic acids is 7. The second-order valence-electron chi connectivity index (χ2n) is 34.4. The average molecular weight is 2350 g/mol. The number of halogens is 20. The minimum atomic E-state index is -3.67. The van der Waals surface area contributed by atoms with Gasteiger partial charge in [-0.25, -0.2) is 63.7 Å². The van der Waals surface area contributed by atoms with Gasteiger partial charge in [0.1, 0.15) is 46.3 Å². The van der Waals surface area contributed by atoms with E-state index >= 15 is 0 Å². The van der Waals surface area contributed by atoms with E-state index in [0.29, 0.717) is 86.0 Å². The number of nitrogens with two attached hydrogens (primary N) is 1. The molecule has 4 heterocycles. The first-order valence-corrected chi connectivity index (χ1v) is 48.0. The first-order valence-electron chi connectivity index (χ1n) is 40.8. The van der Waals surface area contributed by atoms with Crippen LogP contribution in [0, 0.1) is 46.1 Å². The summed E-state index contributed by atoms with van der Waals surface area (Å²) in [5.74, 6) is -2.55. The summed E-state index contributed by atoms with van der Waals surface area (Å²) in [6.45, 7) is 37.6. The molecule has 0 bridgehead atoms. The summed E-state index contributed by atoms with van der Waals surface area (Å²) >= 11 is 36.2. The zero-order valence-electron chi connectivity index (χ0n) is 83.0. The first-order chi connectivity index (χ1) is 63.3. The fourth-order valence-electron chi connectivity index (χ4n) is 13.3. The number of amides is 5. The zero-order chi connectivity index (χ0) is 107. The number of fused-ring (bicyclic) bond motifs is 4. The van der Waals surface area contributed by atoms with Crippen molar-refractivity contribution in [1.82, 2.24) is 0 Å². The van der Waals surface area contributed by atoms with Crippen molar-refractivity contribution >= 4 is 240 Å². The molecule has 11 rings (SSSR count). The third-order valence-electron chi connectivity index (χ3n) is 18.2. The molecule has 4 aliphatic rings. The first kappa shape index (κ1) is 137. The Morgan fingerprint density at radius 3 is 1.21 bits per heavy atom. The summed E-state index contributed by atoms with van der Waals surface area (Å²) in [5, 5.41) is 19.8. The molecule has 140 heavy (non-hydrogen) atoms. The number of alkyl halides is 4. The van der Waals surface area contributed by atoms with Gasteiger partial charge >= 0.3 is 73.0 Å². The van der Waals surface area contributed by atoms with Crippen LogP contribution < -0.4 is 65.1 Å². The Morgan fingerprint density at radius 1 is 0.550 bits per heavy atom. The Bertz CT molecular complexity index is 5210. The SMILES string of the molecule is CC(C)(C)Nc1ccc(F)cc1Br.CC(C)(C)OC(=N)C(Cl)(Cl)Cl.CCOCC.COC(=O)Cl.COC(=O)N(c1ccc(F)cc1Br)C(C)(C)C.COC(=O)N1c2c(C=O)cc(F)cc2CC1(C)C.COC(=O)N1c2c(CCl)cc(F)cc2CC1(C)C.COC(=O)N1c2c(CO)cc(F)cc2CC1(C)C.COC(=O)N1c2ccc(F)cc2CC1(C)C.FB(F)F.Nc1ccc(F)cc1Br.O=S(Cl)Cl.[2HH].[2HH].[B].[H-].[Na+]. The third-order valence-corrected chi connectivity index (χ3v) is 21.1. The van der Waals surface area contributed by atoms with Crippen LogP contribution in [0.4, 0.5) is 112 Å². The number of nitrogen functional groups attached to an aromatic ring is 1. The fourth-order valence-corrected chi connectivity index (χ4v) is 14.9. The molecular weight excluding hydrogens is 2230 g/mol. The quantitative estimate of drug-likeness (QED) is 0.0133. The number of aliphatic hydroxyl groups is 1. The normalized spacial score (nSPS) is 13.4. The van der Waals surface area contributed by atoms with Crippen molar-refractivity contribution in [3.8, 4) is 0 Å². The Labute approximate surface area is 902 Å². The van der Waals surface area contributed by atoms with Gasteiger partial charge in [-0.3, -0.25) is 47.7 Å². The van der Waals surface area contributed by atoms with Crippen LogP contribution in [0.2, 0.25) is 0 Å². The smallest absolute Gasteiger partial charge is 1.00 e. The maximum atomic E-state index is 13.5. The zero-order valence-corrected chi connectivity index (χ0v) is 94.9. The van der Waals surface area contributed by atoms with Crippen LogP contribution in [0.25, 0.3) is 0 Å². The molecular formula is C91H120B2Br3Cl7F10N8NaO17S. The van der Waals surface area contributed by atoms with Gasteiger partial charge in [0, 0.05) is 132 Å². The van der Waals surface area contributed by atoms with Crippen molar-refractivity contribution in [3.05, 3.63) is 202 Å². The molecule has 0 atom stereocenters. The molecule has 7 aromatic rings. The van der Waals surface area contributed by atoms with Crippen molar-refractivity contribution in [2.45, 2.75) is 212 Å². The number of nitrogens with zero attached hydrogens (tertiary/aromatic N) is 5. The molecule has 0 spiro atoms. The van der Waals surface area contributed by atoms with E-state index < -0.39 is 95.8 Å². The number of aldehydes is 1. The van der Waals surface area contributed by atoms with Crippen LogP contribution in [0.15, 0.2) is 123 Å². The van der Waals surface area contributed by atoms with Gasteiger partial charge in [-0.05, 0) is 342 Å². The summed E-state index contributed by atoms with van der Waals surface area (Å²) < 4.78 is 167. The number of carbonyl (C=O) groups is 7. The third kappa shape index (κ3) is 46.2. The monoisotopic (exact) mass is 2350 g/mol. The van der Waals surface area contributed by atoms with Crippen molar-refractivity contribution in [2.24, 2.45) is 0 Å². The number of rotatable bonds is 7. The number of aliphatic hydroxyl groups excluding tert-OH is 1. The van der Waals surface area contributed by atoms with Gasteiger partial charge in [-0.1, -0.05) is 34.8 Å². The van der Waals surface area contributed by atoms with Crippen LogP contribution in [0.1, 0.15) is 180 Å². The Hall–Kier alpha value is -6.93. The summed E-state index contributed by atoms with van der Waals surface area (Å²) in [6, 6.07) is 25.4. The van der Waals surface area contributed by atoms with E-state index in [1.54, 1.807) is 48.8 Å². The van der Waals surface area contributed by atoms with Gasteiger partial charge in [0.05, 0.1) is 77.7 Å². The number of hydrogen-bond donors (Lipinski definition) is 4. The van der Waals surface area contributed by atoms with Crippen molar-refractivity contribution in [2.75, 3.05) is 91.4 Å². The molecule has 7 aromatic carbocycles. The van der Waals surface area contributed by atoms with Crippen LogP contribution >= 0.6 is 127 Å². The number of benzene rings is 7. The molecule has 49 heteroatoms. The predicted octanol–water partition coefficient (Wildman–Crippen LogP) is 25.2. The Morgan fingerprint density at radius 2 is 0.886 bits per heavy atom. The summed E-state index contributed by atoms with van der Waals surface area (Å²) in [5.41, 5.74) is 10.4. The largest absolute Gasteiger partial charge is 1.00 e. The molecule has 0 aromatic heterocycles. The van der Waals surface area contributed by atoms with Crippen LogP contribution in [0.5, 0.6) is 0 Å². The topological polar surface area (TPSA) is 309 Å². The van der Waals surface area contributed by atoms with E-state index in [2.05, 4.69) is 112 Å². The van der Waals surface area contributed by atoms with E-state index in [1.807, 2.05) is 90.0 Å². The van der Waals surface area contributed by atoms with E-state index in [1.165, 1.54) is 142 Å². The molecule has 0 fully saturated rings. The summed E-state index contributed by atoms with van der Waals surface area (Å²) in [4.78, 5) is 87.0. The molecule has 0 aliphatic carbocycles. The molecule has 4 aliphatic heterocycles. The molecule has 0 unspecified atom stereocenters. The number of methoxy groups -OCH3 is 6. The van der Waals surface area contributed by atoms with E-state index in [4.69, 9.17) is 94.9 Å². The summed E-state index contributed by atoms with van der Waals surface area (Å²) in [7, 11) is 11.5. The molecule has 779 valence electrons. The fraction of sp³-hybridized carbons (Fsp3) is 0.451. The molecule has 5 N–H and O–H groups in total. The molecule has 0 saturated carbocycles. The average Bonchev–Trinajstić information content (AvgIpc) is 1.61. The van der Waals surface area contributed by atoms with Gasteiger partial charge < -0.3 is 55.5 Å². The number of ether oxygens (including phenoxy) is 8. The standard InChI is InChI=1S/C13H15ClFNO2.C13H16FNO3.C13H14FNO3.C12H15BrFNO2.C12H14FNO2.C10H13BrFN.C6H5BrFN.C6H10Cl3NO.C4H10O.C2H3ClO2.BF3.B.Cl2OS.Na.2H2.H/c1-13(2)6-8-4-10(15)5-9(7-14)11(8)16(13)12(17)18-3;2*1-13(2)6-8-4-10(14)5-9(7-16)11(8)15(13)12(17)18-3;1-12(2,3)15(11(16)17-4)10-6-5-8(14)7-9(10)13;1-12(2)7-8-6-9(13)4-5-10(8)14(12)11(15)16-3;1-10(2,3)13-9-5-4-7(12)6-8(9)11;7-5-3-4(8)1-2-6(5)9;1-5(2,3)11-4(10)6(7,8)9;1-3-5-4-2;1-5-2(3)4;2-1(3)4;;1-4(2)3;;;;/h4-5H,6-7H2,1-3H3;4-5,16H,6-7H2,1-3H3;4-5,7H,6H2,1-3H3;5-7H,1-4H3;4-6H,7H2,1-3H3;4-6,13H,1-3H3;1-3H,9H2;10H,1-3H3;3-4H2,1-2H3;1H3;;;;;2*1H;/q;;;;;;;;;;;;;+1;;;-1/i;;;;;;;;;;;;;;2*1+1;. The van der Waals surface area contributed by atoms with E-state index in [-0.39, 0.29) is 106 Å². The van der Waals surface area contributed by atoms with Gasteiger partial charge in [0.2, 0.25) is 15.1 Å². The van der Waals surface area contributed by atoms with E-state index in [0.717, 1.165) is 51.8 Å². The predicted molar refractivity (Wildman–Crippen MR) is 551 cm³/mol. The molecule has 25 nitrogen and oxygen atoms in total. The Balaban J connectivity index is -0.000000366. The second kappa shape index (κ2) is 62.1. The Kier molecular flexibility index (Phi) is 60.9. The van der Waals surface area contributed by atoms with Gasteiger partial charge in [-0.15, -0.1) is 11.6 Å². The van der Waals surface area contributed by atoms with Gasteiger partial charge in [0.15, 0.2) is 6.29 Å². The maximum absolute atomic E-state index is 13.5. The van der Waals surface area contributed by atoms with Crippen LogP contribution in [-0.2, 0) is 85.3 Å². The van der Waals surface area contributed by atoms with Gasteiger partial charge in [0.25, 0.3) is 3.79 Å². The maximum Gasteiger partial charge on any atom is 1.00 e. The van der Waals surface area contributed by atoms with E-state index in [9.17, 15) is 82.3 Å². The second-order valence-corrected chi connectivity index (χ2v) is 42.4. The van der Waals surface area contributed by atoms with Crippen molar-refractivity contribution in [3.63, 3.8) is 0 Å². The molecule has 0 saturated heterocycles. The van der Waals surface area contributed by atoms with Crippen LogP contribution in [0.3, 0.4) is 0 Å².